The number of hydrogen-bond donors (Lipinski definition) is 1. The van der Waals surface area contributed by atoms with Crippen LogP contribution >= 0.6 is 11.8 Å². The van der Waals surface area contributed by atoms with E-state index in [1.807, 2.05) is 6.92 Å². The van der Waals surface area contributed by atoms with Gasteiger partial charge >= 0.3 is 12.4 Å². The highest BCUT2D eigenvalue weighted by molar-refractivity contribution is 7.99. The highest BCUT2D eigenvalue weighted by atomic mass is 32.2. The van der Waals surface area contributed by atoms with Crippen molar-refractivity contribution < 1.29 is 26.3 Å². The first-order chi connectivity index (χ1) is 9.55. The van der Waals surface area contributed by atoms with Gasteiger partial charge in [-0.2, -0.15) is 38.1 Å². The third kappa shape index (κ3) is 5.43. The van der Waals surface area contributed by atoms with Gasteiger partial charge in [0.15, 0.2) is 0 Å². The van der Waals surface area contributed by atoms with Crippen LogP contribution in [0.25, 0.3) is 0 Å². The van der Waals surface area contributed by atoms with Gasteiger partial charge in [0.1, 0.15) is 0 Å². The third-order valence-corrected chi connectivity index (χ3v) is 3.98. The molecular weight excluding hydrogens is 316 g/mol. The van der Waals surface area contributed by atoms with Gasteiger partial charge in [-0.25, -0.2) is 0 Å². The standard InChI is InChI=1S/C13H15F6NS/c1-2-3-21-7-11(20)8-4-9(12(14,15)16)6-10(5-8)13(17,18)19/h4-6,11H,2-3,7,20H2,1H3. The highest BCUT2D eigenvalue weighted by Gasteiger charge is 2.37. The molecule has 0 fully saturated rings. The lowest BCUT2D eigenvalue weighted by Crippen LogP contribution is -2.17. The van der Waals surface area contributed by atoms with Crippen LogP contribution in [0.15, 0.2) is 18.2 Å². The van der Waals surface area contributed by atoms with E-state index >= 15 is 0 Å². The molecular formula is C13H15F6NS. The molecule has 8 heteroatoms. The number of rotatable bonds is 5. The first-order valence-electron chi connectivity index (χ1n) is 6.18. The number of hydrogen-bond acceptors (Lipinski definition) is 2. The Bertz CT molecular complexity index is 436. The van der Waals surface area contributed by atoms with Crippen LogP contribution in [0.3, 0.4) is 0 Å². The Balaban J connectivity index is 3.13. The van der Waals surface area contributed by atoms with E-state index in [-0.39, 0.29) is 17.4 Å². The summed E-state index contributed by atoms with van der Waals surface area (Å²) in [7, 11) is 0. The molecule has 1 nitrogen and oxygen atoms in total. The molecule has 1 atom stereocenters. The number of nitrogens with two attached hydrogens (primary N) is 1. The minimum atomic E-state index is -4.84. The van der Waals surface area contributed by atoms with Crippen molar-refractivity contribution in [3.05, 3.63) is 34.9 Å². The molecule has 1 unspecified atom stereocenters. The maximum Gasteiger partial charge on any atom is 0.416 e. The van der Waals surface area contributed by atoms with E-state index in [1.165, 1.54) is 11.8 Å². The Labute approximate surface area is 122 Å². The molecule has 0 spiro atoms. The molecule has 0 aliphatic rings. The van der Waals surface area contributed by atoms with Crippen molar-refractivity contribution >= 4 is 11.8 Å². The van der Waals surface area contributed by atoms with Crippen molar-refractivity contribution in [2.24, 2.45) is 5.73 Å². The number of alkyl halides is 6. The molecule has 0 heterocycles. The van der Waals surface area contributed by atoms with Crippen molar-refractivity contribution in [3.63, 3.8) is 0 Å². The summed E-state index contributed by atoms with van der Waals surface area (Å²) in [5.74, 6) is 1.02. The molecule has 0 aliphatic carbocycles. The van der Waals surface area contributed by atoms with Crippen LogP contribution in [-0.2, 0) is 12.4 Å². The van der Waals surface area contributed by atoms with Gasteiger partial charge in [0.25, 0.3) is 0 Å². The Morgan fingerprint density at radius 1 is 1.00 bits per heavy atom. The summed E-state index contributed by atoms with van der Waals surface area (Å²) >= 11 is 1.40. The quantitative estimate of drug-likeness (QED) is 0.615. The van der Waals surface area contributed by atoms with Crippen LogP contribution in [0.5, 0.6) is 0 Å². The summed E-state index contributed by atoms with van der Waals surface area (Å²) in [4.78, 5) is 0. The van der Waals surface area contributed by atoms with E-state index in [4.69, 9.17) is 5.73 Å². The summed E-state index contributed by atoms with van der Waals surface area (Å²) in [6.07, 6.45) is -8.83. The van der Waals surface area contributed by atoms with Crippen LogP contribution < -0.4 is 5.73 Å². The predicted molar refractivity (Wildman–Crippen MR) is 71.0 cm³/mol. The zero-order chi connectivity index (χ0) is 16.3. The maximum absolute atomic E-state index is 12.7. The average molecular weight is 331 g/mol. The van der Waals surface area contributed by atoms with Gasteiger partial charge in [0.2, 0.25) is 0 Å². The zero-order valence-corrected chi connectivity index (χ0v) is 12.0. The normalized spacial score (nSPS) is 14.3. The predicted octanol–water partition coefficient (Wildman–Crippen LogP) is 4.87. The average Bonchev–Trinajstić information content (AvgIpc) is 2.36. The zero-order valence-electron chi connectivity index (χ0n) is 11.2. The Morgan fingerprint density at radius 2 is 1.48 bits per heavy atom. The van der Waals surface area contributed by atoms with Gasteiger partial charge in [-0.1, -0.05) is 6.92 Å². The topological polar surface area (TPSA) is 26.0 Å². The summed E-state index contributed by atoms with van der Waals surface area (Å²) in [5, 5.41) is 0. The van der Waals surface area contributed by atoms with Gasteiger partial charge in [0.05, 0.1) is 11.1 Å². The largest absolute Gasteiger partial charge is 0.416 e. The van der Waals surface area contributed by atoms with E-state index in [2.05, 4.69) is 0 Å². The molecule has 1 aromatic carbocycles. The molecule has 0 radical (unpaired) electrons. The molecule has 0 amide bonds. The van der Waals surface area contributed by atoms with Gasteiger partial charge in [0, 0.05) is 11.8 Å². The molecule has 0 aliphatic heterocycles. The van der Waals surface area contributed by atoms with E-state index in [9.17, 15) is 26.3 Å². The Hall–Kier alpha value is -0.890. The van der Waals surface area contributed by atoms with E-state index in [0.717, 1.165) is 12.2 Å². The van der Waals surface area contributed by atoms with Crippen molar-refractivity contribution in [1.29, 1.82) is 0 Å². The van der Waals surface area contributed by atoms with Gasteiger partial charge in [-0.05, 0) is 35.9 Å². The summed E-state index contributed by atoms with van der Waals surface area (Å²) in [5.41, 5.74) is 2.89. The van der Waals surface area contributed by atoms with Gasteiger partial charge in [-0.15, -0.1) is 0 Å². The lowest BCUT2D eigenvalue weighted by atomic mass is 10.0. The van der Waals surface area contributed by atoms with Gasteiger partial charge in [-0.3, -0.25) is 0 Å². The van der Waals surface area contributed by atoms with Gasteiger partial charge < -0.3 is 5.73 Å². The molecule has 1 aromatic rings. The Morgan fingerprint density at radius 3 is 1.86 bits per heavy atom. The molecule has 2 N–H and O–H groups in total. The lowest BCUT2D eigenvalue weighted by molar-refractivity contribution is -0.143. The Kier molecular flexibility index (Phi) is 5.98. The molecule has 120 valence electrons. The van der Waals surface area contributed by atoms with Crippen LogP contribution in [0.1, 0.15) is 36.1 Å². The van der Waals surface area contributed by atoms with Crippen LogP contribution in [0.4, 0.5) is 26.3 Å². The number of benzene rings is 1. The molecule has 0 saturated carbocycles. The molecule has 0 aromatic heterocycles. The second-order valence-electron chi connectivity index (χ2n) is 4.52. The summed E-state index contributed by atoms with van der Waals surface area (Å²) < 4.78 is 76.2. The monoisotopic (exact) mass is 331 g/mol. The lowest BCUT2D eigenvalue weighted by Gasteiger charge is -2.17. The van der Waals surface area contributed by atoms with E-state index in [1.54, 1.807) is 0 Å². The molecule has 21 heavy (non-hydrogen) atoms. The molecule has 0 saturated heterocycles. The third-order valence-electron chi connectivity index (χ3n) is 2.68. The first kappa shape index (κ1) is 18.2. The fourth-order valence-corrected chi connectivity index (χ4v) is 2.55. The summed E-state index contributed by atoms with van der Waals surface area (Å²) in [6.45, 7) is 1.92. The van der Waals surface area contributed by atoms with E-state index in [0.29, 0.717) is 12.1 Å². The minimum Gasteiger partial charge on any atom is -0.323 e. The van der Waals surface area contributed by atoms with Crippen LogP contribution in [0.2, 0.25) is 0 Å². The van der Waals surface area contributed by atoms with Crippen molar-refractivity contribution in [3.8, 4) is 0 Å². The van der Waals surface area contributed by atoms with Crippen molar-refractivity contribution in [1.82, 2.24) is 0 Å². The second kappa shape index (κ2) is 6.91. The first-order valence-corrected chi connectivity index (χ1v) is 7.34. The van der Waals surface area contributed by atoms with E-state index < -0.39 is 29.5 Å². The fraction of sp³-hybridized carbons (Fsp3) is 0.538. The fourth-order valence-electron chi connectivity index (χ4n) is 1.64. The second-order valence-corrected chi connectivity index (χ2v) is 5.67. The minimum absolute atomic E-state index is 0.107. The highest BCUT2D eigenvalue weighted by Crippen LogP contribution is 2.37. The SMILES string of the molecule is CCCSCC(N)c1cc(C(F)(F)F)cc(C(F)(F)F)c1. The van der Waals surface area contributed by atoms with Crippen molar-refractivity contribution in [2.75, 3.05) is 11.5 Å². The van der Waals surface area contributed by atoms with Crippen molar-refractivity contribution in [2.45, 2.75) is 31.7 Å². The maximum atomic E-state index is 12.7. The smallest absolute Gasteiger partial charge is 0.323 e. The number of halogens is 6. The molecule has 0 bridgehead atoms. The van der Waals surface area contributed by atoms with Crippen LogP contribution in [0, 0.1) is 0 Å². The molecule has 1 rings (SSSR count). The summed E-state index contributed by atoms with van der Waals surface area (Å²) in [6, 6.07) is 0.610. The number of thioether (sulfide) groups is 1. The van der Waals surface area contributed by atoms with Crippen LogP contribution in [-0.4, -0.2) is 11.5 Å².